The van der Waals surface area contributed by atoms with Crippen molar-refractivity contribution in [3.63, 3.8) is 0 Å². The molecule has 0 N–H and O–H groups in total. The quantitative estimate of drug-likeness (QED) is 0.187. The van der Waals surface area contributed by atoms with Gasteiger partial charge >= 0.3 is 0 Å². The van der Waals surface area contributed by atoms with Gasteiger partial charge in [-0.05, 0) is 75.7 Å². The van der Waals surface area contributed by atoms with Crippen molar-refractivity contribution in [2.75, 3.05) is 4.90 Å². The van der Waals surface area contributed by atoms with Gasteiger partial charge in [0, 0.05) is 43.6 Å². The first kappa shape index (κ1) is 29.2. The van der Waals surface area contributed by atoms with Crippen LogP contribution >= 0.6 is 0 Å². The van der Waals surface area contributed by atoms with Gasteiger partial charge in [-0.25, -0.2) is 0 Å². The molecule has 0 aliphatic heterocycles. The van der Waals surface area contributed by atoms with E-state index in [1.54, 1.807) is 0 Å². The molecule has 1 aliphatic rings. The molecular weight excluding hydrogens is 635 g/mol. The summed E-state index contributed by atoms with van der Waals surface area (Å²) >= 11 is 0. The number of hydrogen-bond acceptors (Lipinski definition) is 3. The van der Waals surface area contributed by atoms with Gasteiger partial charge < -0.3 is 13.7 Å². The van der Waals surface area contributed by atoms with Crippen LogP contribution in [0.4, 0.5) is 17.1 Å². The number of nitrogens with zero attached hydrogens (tertiary/aromatic N) is 1. The maximum absolute atomic E-state index is 7.11. The number of benzene rings is 8. The van der Waals surface area contributed by atoms with Gasteiger partial charge in [-0.1, -0.05) is 135 Å². The molecule has 246 valence electrons. The molecule has 3 heteroatoms. The Morgan fingerprint density at radius 2 is 1.13 bits per heavy atom. The van der Waals surface area contributed by atoms with Gasteiger partial charge in [0.05, 0.1) is 11.4 Å². The molecule has 0 amide bonds. The van der Waals surface area contributed by atoms with Crippen molar-refractivity contribution in [1.82, 2.24) is 0 Å². The minimum absolute atomic E-state index is 0.159. The summed E-state index contributed by atoms with van der Waals surface area (Å²) in [7, 11) is 0. The summed E-state index contributed by atoms with van der Waals surface area (Å²) in [4.78, 5) is 2.44. The molecule has 8 aromatic carbocycles. The summed E-state index contributed by atoms with van der Waals surface area (Å²) in [5, 5.41) is 6.65. The molecule has 11 rings (SSSR count). The van der Waals surface area contributed by atoms with Crippen molar-refractivity contribution in [3.8, 4) is 22.3 Å². The van der Waals surface area contributed by atoms with Gasteiger partial charge in [-0.2, -0.15) is 0 Å². The normalized spacial score (nSPS) is 13.3. The molecule has 0 atom stereocenters. The molecular formula is C49H33NO2. The lowest BCUT2D eigenvalue weighted by Gasteiger charge is -2.30. The van der Waals surface area contributed by atoms with E-state index in [0.29, 0.717) is 0 Å². The smallest absolute Gasteiger partial charge is 0.160 e. The second-order valence-electron chi connectivity index (χ2n) is 14.5. The zero-order chi connectivity index (χ0) is 34.6. The van der Waals surface area contributed by atoms with Crippen LogP contribution in [-0.4, -0.2) is 0 Å². The van der Waals surface area contributed by atoms with Crippen molar-refractivity contribution in [2.24, 2.45) is 0 Å². The molecule has 0 radical (unpaired) electrons. The third-order valence-electron chi connectivity index (χ3n) is 11.3. The molecule has 2 aromatic heterocycles. The summed E-state index contributed by atoms with van der Waals surface area (Å²) in [5.74, 6) is 0. The first-order valence-electron chi connectivity index (χ1n) is 17.9. The van der Waals surface area contributed by atoms with Crippen molar-refractivity contribution in [3.05, 3.63) is 175 Å². The Morgan fingerprint density at radius 1 is 0.462 bits per heavy atom. The highest BCUT2D eigenvalue weighted by Crippen LogP contribution is 2.54. The minimum atomic E-state index is -0.159. The van der Waals surface area contributed by atoms with E-state index in [4.69, 9.17) is 8.83 Å². The van der Waals surface area contributed by atoms with E-state index in [9.17, 15) is 0 Å². The third kappa shape index (κ3) is 4.02. The summed E-state index contributed by atoms with van der Waals surface area (Å²) in [6.07, 6.45) is 0. The second-order valence-corrected chi connectivity index (χ2v) is 14.5. The van der Waals surface area contributed by atoms with E-state index in [1.165, 1.54) is 33.0 Å². The maximum atomic E-state index is 7.11. The predicted molar refractivity (Wildman–Crippen MR) is 216 cm³/mol. The molecule has 0 unspecified atom stereocenters. The third-order valence-corrected chi connectivity index (χ3v) is 11.3. The Balaban J connectivity index is 1.29. The van der Waals surface area contributed by atoms with Crippen LogP contribution in [0.1, 0.15) is 25.0 Å². The summed E-state index contributed by atoms with van der Waals surface area (Å²) in [5.41, 5.74) is 13.9. The molecule has 3 nitrogen and oxygen atoms in total. The number of hydrogen-bond donors (Lipinski definition) is 0. The minimum Gasteiger partial charge on any atom is -0.456 e. The van der Waals surface area contributed by atoms with Crippen LogP contribution in [0.5, 0.6) is 0 Å². The molecule has 0 fully saturated rings. The van der Waals surface area contributed by atoms with Crippen molar-refractivity contribution in [2.45, 2.75) is 19.3 Å². The Hall–Kier alpha value is -6.58. The average molecular weight is 668 g/mol. The van der Waals surface area contributed by atoms with E-state index in [1.807, 2.05) is 18.2 Å². The summed E-state index contributed by atoms with van der Waals surface area (Å²) in [6.45, 7) is 4.69. The van der Waals surface area contributed by atoms with Crippen LogP contribution in [0.3, 0.4) is 0 Å². The molecule has 2 heterocycles. The average Bonchev–Trinajstić information content (AvgIpc) is 3.83. The highest BCUT2D eigenvalue weighted by molar-refractivity contribution is 6.27. The largest absolute Gasteiger partial charge is 0.456 e. The molecule has 0 saturated heterocycles. The van der Waals surface area contributed by atoms with E-state index >= 15 is 0 Å². The van der Waals surface area contributed by atoms with E-state index in [-0.39, 0.29) is 5.41 Å². The highest BCUT2D eigenvalue weighted by Gasteiger charge is 2.36. The first-order chi connectivity index (χ1) is 25.6. The van der Waals surface area contributed by atoms with Crippen molar-refractivity contribution >= 4 is 71.7 Å². The fraction of sp³-hybridized carbons (Fsp3) is 0.0612. The van der Waals surface area contributed by atoms with Gasteiger partial charge in [0.25, 0.3) is 0 Å². The molecule has 0 saturated carbocycles. The van der Waals surface area contributed by atoms with E-state index in [2.05, 4.69) is 164 Å². The highest BCUT2D eigenvalue weighted by atomic mass is 16.3. The van der Waals surface area contributed by atoms with Crippen LogP contribution < -0.4 is 4.90 Å². The van der Waals surface area contributed by atoms with Crippen LogP contribution in [0.2, 0.25) is 0 Å². The monoisotopic (exact) mass is 667 g/mol. The Morgan fingerprint density at radius 3 is 2.02 bits per heavy atom. The fourth-order valence-corrected chi connectivity index (χ4v) is 8.83. The molecule has 52 heavy (non-hydrogen) atoms. The van der Waals surface area contributed by atoms with Crippen LogP contribution in [0.25, 0.3) is 76.9 Å². The lowest BCUT2D eigenvalue weighted by atomic mass is 9.82. The number of anilines is 3. The van der Waals surface area contributed by atoms with Gasteiger partial charge in [0.15, 0.2) is 5.58 Å². The lowest BCUT2D eigenvalue weighted by Crippen LogP contribution is -2.17. The fourth-order valence-electron chi connectivity index (χ4n) is 8.83. The maximum Gasteiger partial charge on any atom is 0.160 e. The van der Waals surface area contributed by atoms with E-state index < -0.39 is 0 Å². The van der Waals surface area contributed by atoms with Crippen LogP contribution in [0, 0.1) is 0 Å². The second kappa shape index (κ2) is 10.7. The Labute approximate surface area is 301 Å². The van der Waals surface area contributed by atoms with Crippen LogP contribution in [-0.2, 0) is 5.41 Å². The lowest BCUT2D eigenvalue weighted by molar-refractivity contribution is 0.660. The van der Waals surface area contributed by atoms with E-state index in [0.717, 1.165) is 72.1 Å². The number of furan rings is 2. The Kier molecular flexibility index (Phi) is 6.01. The van der Waals surface area contributed by atoms with Gasteiger partial charge in [-0.3, -0.25) is 0 Å². The van der Waals surface area contributed by atoms with Gasteiger partial charge in [-0.15, -0.1) is 0 Å². The summed E-state index contributed by atoms with van der Waals surface area (Å²) in [6, 6.07) is 58.7. The zero-order valence-corrected chi connectivity index (χ0v) is 28.9. The van der Waals surface area contributed by atoms with Gasteiger partial charge in [0.1, 0.15) is 16.7 Å². The Bertz CT molecular complexity index is 3050. The van der Waals surface area contributed by atoms with Crippen molar-refractivity contribution in [1.29, 1.82) is 0 Å². The van der Waals surface area contributed by atoms with Crippen LogP contribution in [0.15, 0.2) is 173 Å². The molecule has 1 aliphatic carbocycles. The van der Waals surface area contributed by atoms with Gasteiger partial charge in [0.2, 0.25) is 0 Å². The number of para-hydroxylation sites is 1. The molecule has 0 spiro atoms. The summed E-state index contributed by atoms with van der Waals surface area (Å²) < 4.78 is 13.5. The zero-order valence-electron chi connectivity index (χ0n) is 28.9. The SMILES string of the molecule is CC1(C)c2ccccc2-c2ccc(N(c3cccc4ccccc34)c3c(-c4ccccc4)ccc4c3oc3ccc5oc6ccccc6c5c34)cc21. The molecule has 0 bridgehead atoms. The first-order valence-corrected chi connectivity index (χ1v) is 17.9. The predicted octanol–water partition coefficient (Wildman–Crippen LogP) is 14.1. The topological polar surface area (TPSA) is 29.5 Å². The number of rotatable bonds is 4. The molecule has 10 aromatic rings. The number of fused-ring (bicyclic) bond motifs is 11. The standard InChI is InChI=1S/C49H33NO2/c1-49(2)39-20-10-8-18-35(39)36-24-23-32(29-40(36)49)50(41-21-12-16-30-15-6-7-17-33(30)41)47-34(31-13-4-3-5-14-31)25-26-38-46-44(52-48(38)47)28-27-43-45(46)37-19-9-11-22-42(37)51-43/h3-29H,1-2H3. The van der Waals surface area contributed by atoms with Crippen molar-refractivity contribution < 1.29 is 8.83 Å².